The van der Waals surface area contributed by atoms with Crippen LogP contribution in [0.5, 0.6) is 0 Å². The van der Waals surface area contributed by atoms with Crippen LogP contribution in [0, 0.1) is 5.92 Å². The summed E-state index contributed by atoms with van der Waals surface area (Å²) in [7, 11) is 0. The van der Waals surface area contributed by atoms with Crippen LogP contribution in [0.25, 0.3) is 0 Å². The zero-order chi connectivity index (χ0) is 10.7. The zero-order valence-electron chi connectivity index (χ0n) is 8.80. The van der Waals surface area contributed by atoms with Gasteiger partial charge in [0.15, 0.2) is 6.29 Å². The maximum absolute atomic E-state index is 9.15. The molecule has 0 amide bonds. The van der Waals surface area contributed by atoms with Crippen molar-refractivity contribution in [2.45, 2.75) is 19.3 Å². The van der Waals surface area contributed by atoms with Crippen LogP contribution < -0.4 is 0 Å². The summed E-state index contributed by atoms with van der Waals surface area (Å²) in [4.78, 5) is 0. The highest BCUT2D eigenvalue weighted by molar-refractivity contribution is 5.16. The monoisotopic (exact) mass is 208 g/mol. The fraction of sp³-hybridized carbons (Fsp3) is 0.500. The molecule has 1 saturated heterocycles. The fourth-order valence-electron chi connectivity index (χ4n) is 1.69. The molecule has 1 aliphatic heterocycles. The summed E-state index contributed by atoms with van der Waals surface area (Å²) < 4.78 is 11.2. The average molecular weight is 208 g/mol. The van der Waals surface area contributed by atoms with Gasteiger partial charge in [-0.1, -0.05) is 37.3 Å². The average Bonchev–Trinajstić information content (AvgIpc) is 2.31. The van der Waals surface area contributed by atoms with Crippen molar-refractivity contribution in [2.75, 3.05) is 13.2 Å². The second-order valence-electron chi connectivity index (χ2n) is 3.91. The second kappa shape index (κ2) is 4.75. The normalized spacial score (nSPS) is 31.5. The molecule has 3 nitrogen and oxygen atoms in total. The Balaban J connectivity index is 2.06. The first-order valence-electron chi connectivity index (χ1n) is 5.24. The lowest BCUT2D eigenvalue weighted by Crippen LogP contribution is -2.36. The Labute approximate surface area is 89.6 Å². The molecule has 1 fully saturated rings. The van der Waals surface area contributed by atoms with Crippen molar-refractivity contribution in [3.63, 3.8) is 0 Å². The van der Waals surface area contributed by atoms with Crippen molar-refractivity contribution in [3.8, 4) is 0 Å². The Morgan fingerprint density at radius 2 is 2.07 bits per heavy atom. The molecule has 15 heavy (non-hydrogen) atoms. The van der Waals surface area contributed by atoms with Gasteiger partial charge in [0.1, 0.15) is 0 Å². The molecule has 1 aliphatic rings. The molecule has 1 aromatic rings. The predicted octanol–water partition coefficient (Wildman–Crippen LogP) is 1.73. The number of benzene rings is 1. The third-order valence-corrected chi connectivity index (χ3v) is 2.70. The lowest BCUT2D eigenvalue weighted by Gasteiger charge is -2.34. The van der Waals surface area contributed by atoms with Gasteiger partial charge in [-0.25, -0.2) is 0 Å². The SMILES string of the molecule is CC1COC(c2ccccc2)OC1CO. The molecule has 1 aromatic carbocycles. The molecular weight excluding hydrogens is 192 g/mol. The minimum absolute atomic E-state index is 0.0495. The first-order chi connectivity index (χ1) is 7.31. The van der Waals surface area contributed by atoms with Gasteiger partial charge in [0.25, 0.3) is 0 Å². The van der Waals surface area contributed by atoms with Crippen LogP contribution in [-0.2, 0) is 9.47 Å². The summed E-state index contributed by atoms with van der Waals surface area (Å²) in [6, 6.07) is 9.80. The molecule has 3 atom stereocenters. The second-order valence-corrected chi connectivity index (χ2v) is 3.91. The van der Waals surface area contributed by atoms with E-state index in [1.165, 1.54) is 0 Å². The van der Waals surface area contributed by atoms with Crippen LogP contribution >= 0.6 is 0 Å². The highest BCUT2D eigenvalue weighted by atomic mass is 16.7. The van der Waals surface area contributed by atoms with E-state index in [1.54, 1.807) is 0 Å². The van der Waals surface area contributed by atoms with Gasteiger partial charge in [0.2, 0.25) is 0 Å². The summed E-state index contributed by atoms with van der Waals surface area (Å²) in [5.41, 5.74) is 1.00. The van der Waals surface area contributed by atoms with E-state index in [1.807, 2.05) is 37.3 Å². The number of ether oxygens (including phenoxy) is 2. The van der Waals surface area contributed by atoms with Gasteiger partial charge in [0.05, 0.1) is 19.3 Å². The van der Waals surface area contributed by atoms with Crippen molar-refractivity contribution in [2.24, 2.45) is 5.92 Å². The number of aliphatic hydroxyl groups excluding tert-OH is 1. The van der Waals surface area contributed by atoms with Gasteiger partial charge < -0.3 is 14.6 Å². The van der Waals surface area contributed by atoms with Crippen molar-refractivity contribution in [3.05, 3.63) is 35.9 Å². The largest absolute Gasteiger partial charge is 0.394 e. The Bertz CT molecular complexity index is 299. The summed E-state index contributed by atoms with van der Waals surface area (Å²) in [6.07, 6.45) is -0.455. The quantitative estimate of drug-likeness (QED) is 0.804. The van der Waals surface area contributed by atoms with E-state index >= 15 is 0 Å². The molecule has 0 saturated carbocycles. The molecule has 0 radical (unpaired) electrons. The third kappa shape index (κ3) is 2.37. The number of hydrogen-bond donors (Lipinski definition) is 1. The zero-order valence-corrected chi connectivity index (χ0v) is 8.80. The maximum atomic E-state index is 9.15. The minimum Gasteiger partial charge on any atom is -0.394 e. The van der Waals surface area contributed by atoms with Crippen LogP contribution in [0.4, 0.5) is 0 Å². The third-order valence-electron chi connectivity index (χ3n) is 2.70. The van der Waals surface area contributed by atoms with Gasteiger partial charge in [-0.2, -0.15) is 0 Å². The Morgan fingerprint density at radius 3 is 2.73 bits per heavy atom. The van der Waals surface area contributed by atoms with Gasteiger partial charge in [-0.05, 0) is 0 Å². The van der Waals surface area contributed by atoms with Gasteiger partial charge in [-0.3, -0.25) is 0 Å². The van der Waals surface area contributed by atoms with Crippen molar-refractivity contribution in [1.29, 1.82) is 0 Å². The molecule has 3 heteroatoms. The summed E-state index contributed by atoms with van der Waals surface area (Å²) in [5, 5.41) is 9.15. The first-order valence-corrected chi connectivity index (χ1v) is 5.24. The molecule has 0 bridgehead atoms. The van der Waals surface area contributed by atoms with E-state index < -0.39 is 0 Å². The fourth-order valence-corrected chi connectivity index (χ4v) is 1.69. The number of aliphatic hydroxyl groups is 1. The minimum atomic E-state index is -0.334. The van der Waals surface area contributed by atoms with Crippen LogP contribution in [0.2, 0.25) is 0 Å². The summed E-state index contributed by atoms with van der Waals surface area (Å²) in [5.74, 6) is 0.245. The molecule has 0 spiro atoms. The van der Waals surface area contributed by atoms with Crippen molar-refractivity contribution >= 4 is 0 Å². The van der Waals surface area contributed by atoms with Gasteiger partial charge in [-0.15, -0.1) is 0 Å². The molecular formula is C12H16O3. The van der Waals surface area contributed by atoms with Crippen molar-refractivity contribution in [1.82, 2.24) is 0 Å². The predicted molar refractivity (Wildman–Crippen MR) is 56.3 cm³/mol. The number of rotatable bonds is 2. The van der Waals surface area contributed by atoms with Gasteiger partial charge >= 0.3 is 0 Å². The Morgan fingerprint density at radius 1 is 1.33 bits per heavy atom. The van der Waals surface area contributed by atoms with Gasteiger partial charge in [0, 0.05) is 11.5 Å². The van der Waals surface area contributed by atoms with Crippen LogP contribution in [0.15, 0.2) is 30.3 Å². The smallest absolute Gasteiger partial charge is 0.184 e. The van der Waals surface area contributed by atoms with E-state index in [4.69, 9.17) is 14.6 Å². The molecule has 0 aromatic heterocycles. The molecule has 2 rings (SSSR count). The summed E-state index contributed by atoms with van der Waals surface area (Å²) >= 11 is 0. The topological polar surface area (TPSA) is 38.7 Å². The standard InChI is InChI=1S/C12H16O3/c1-9-8-14-12(15-11(9)7-13)10-5-3-2-4-6-10/h2-6,9,11-13H,7-8H2,1H3. The Hall–Kier alpha value is -0.900. The van der Waals surface area contributed by atoms with Crippen LogP contribution in [-0.4, -0.2) is 24.4 Å². The molecule has 3 unspecified atom stereocenters. The lowest BCUT2D eigenvalue weighted by atomic mass is 10.1. The van der Waals surface area contributed by atoms with E-state index in [0.29, 0.717) is 6.61 Å². The van der Waals surface area contributed by atoms with Crippen LogP contribution in [0.3, 0.4) is 0 Å². The van der Waals surface area contributed by atoms with E-state index in [2.05, 4.69) is 0 Å². The van der Waals surface area contributed by atoms with E-state index in [9.17, 15) is 0 Å². The highest BCUT2D eigenvalue weighted by Gasteiger charge is 2.29. The molecule has 0 aliphatic carbocycles. The maximum Gasteiger partial charge on any atom is 0.184 e. The Kier molecular flexibility index (Phi) is 3.36. The molecule has 1 N–H and O–H groups in total. The van der Waals surface area contributed by atoms with E-state index in [0.717, 1.165) is 5.56 Å². The highest BCUT2D eigenvalue weighted by Crippen LogP contribution is 2.28. The van der Waals surface area contributed by atoms with E-state index in [-0.39, 0.29) is 24.9 Å². The first kappa shape index (κ1) is 10.6. The summed E-state index contributed by atoms with van der Waals surface area (Å²) in [6.45, 7) is 2.70. The molecule has 82 valence electrons. The van der Waals surface area contributed by atoms with Crippen LogP contribution in [0.1, 0.15) is 18.8 Å². The molecule has 1 heterocycles. The number of hydrogen-bond acceptors (Lipinski definition) is 3. The lowest BCUT2D eigenvalue weighted by molar-refractivity contribution is -0.245. The van der Waals surface area contributed by atoms with Crippen molar-refractivity contribution < 1.29 is 14.6 Å².